The van der Waals surface area contributed by atoms with Gasteiger partial charge in [-0.15, -0.1) is 0 Å². The first-order chi connectivity index (χ1) is 7.83. The molecule has 1 saturated carbocycles. The minimum Gasteiger partial charge on any atom is -0.466 e. The lowest BCUT2D eigenvalue weighted by atomic mass is 9.89. The van der Waals surface area contributed by atoms with E-state index >= 15 is 0 Å². The second-order valence-electron chi connectivity index (χ2n) is 4.31. The molecule has 2 atom stereocenters. The molecule has 0 amide bonds. The van der Waals surface area contributed by atoms with Crippen LogP contribution in [0.2, 0.25) is 0 Å². The highest BCUT2D eigenvalue weighted by atomic mass is 16.5. The molecule has 0 radical (unpaired) electrons. The van der Waals surface area contributed by atoms with E-state index in [1.807, 2.05) is 25.1 Å². The molecule has 0 N–H and O–H groups in total. The van der Waals surface area contributed by atoms with E-state index in [0.717, 1.165) is 19.3 Å². The number of hydrogen-bond acceptors (Lipinski definition) is 2. The van der Waals surface area contributed by atoms with Crippen LogP contribution in [-0.2, 0) is 9.53 Å². The zero-order valence-corrected chi connectivity index (χ0v) is 9.69. The Balaban J connectivity index is 2.12. The van der Waals surface area contributed by atoms with Crippen LogP contribution >= 0.6 is 0 Å². The number of ether oxygens (including phenoxy) is 1. The van der Waals surface area contributed by atoms with Crippen LogP contribution in [0.4, 0.5) is 0 Å². The van der Waals surface area contributed by atoms with E-state index in [1.54, 1.807) is 0 Å². The Kier molecular flexibility index (Phi) is 3.60. The van der Waals surface area contributed by atoms with E-state index in [0.29, 0.717) is 12.5 Å². The maximum absolute atomic E-state index is 11.8. The Morgan fingerprint density at radius 3 is 2.75 bits per heavy atom. The highest BCUT2D eigenvalue weighted by Gasteiger charge is 2.34. The Morgan fingerprint density at radius 2 is 2.06 bits per heavy atom. The molecule has 2 nitrogen and oxygen atoms in total. The maximum atomic E-state index is 11.8. The van der Waals surface area contributed by atoms with Crippen LogP contribution in [0.5, 0.6) is 0 Å². The van der Waals surface area contributed by atoms with E-state index in [-0.39, 0.29) is 11.9 Å². The second-order valence-corrected chi connectivity index (χ2v) is 4.31. The molecule has 1 aromatic rings. The Hall–Kier alpha value is -1.31. The number of carbonyl (C=O) groups excluding carboxylic acids is 1. The summed E-state index contributed by atoms with van der Waals surface area (Å²) in [6, 6.07) is 10.3. The minimum atomic E-state index is -0.0196. The van der Waals surface area contributed by atoms with Crippen LogP contribution in [0.15, 0.2) is 30.3 Å². The molecule has 0 spiro atoms. The molecule has 2 rings (SSSR count). The zero-order chi connectivity index (χ0) is 11.4. The third-order valence-electron chi connectivity index (χ3n) is 3.33. The van der Waals surface area contributed by atoms with Crippen molar-refractivity contribution < 1.29 is 9.53 Å². The van der Waals surface area contributed by atoms with Crippen molar-refractivity contribution in [1.82, 2.24) is 0 Å². The van der Waals surface area contributed by atoms with Crippen molar-refractivity contribution in [1.29, 1.82) is 0 Å². The average molecular weight is 218 g/mol. The lowest BCUT2D eigenvalue weighted by Crippen LogP contribution is -2.20. The summed E-state index contributed by atoms with van der Waals surface area (Å²) in [5.41, 5.74) is 1.28. The maximum Gasteiger partial charge on any atom is 0.309 e. The predicted molar refractivity (Wildman–Crippen MR) is 63.2 cm³/mol. The summed E-state index contributed by atoms with van der Waals surface area (Å²) in [6.45, 7) is 2.35. The van der Waals surface area contributed by atoms with Gasteiger partial charge >= 0.3 is 5.97 Å². The molecule has 1 fully saturated rings. The molecule has 16 heavy (non-hydrogen) atoms. The van der Waals surface area contributed by atoms with Crippen molar-refractivity contribution in [3.8, 4) is 0 Å². The molecule has 0 bridgehead atoms. The number of esters is 1. The van der Waals surface area contributed by atoms with Crippen molar-refractivity contribution in [3.63, 3.8) is 0 Å². The van der Waals surface area contributed by atoms with Gasteiger partial charge in [-0.3, -0.25) is 4.79 Å². The van der Waals surface area contributed by atoms with Gasteiger partial charge in [0.2, 0.25) is 0 Å². The van der Waals surface area contributed by atoms with Crippen LogP contribution in [0.3, 0.4) is 0 Å². The molecule has 1 aliphatic carbocycles. The molecular weight excluding hydrogens is 200 g/mol. The fraction of sp³-hybridized carbons (Fsp3) is 0.500. The van der Waals surface area contributed by atoms with Crippen LogP contribution in [-0.4, -0.2) is 12.6 Å². The first kappa shape index (κ1) is 11.2. The van der Waals surface area contributed by atoms with Gasteiger partial charge in [0.15, 0.2) is 0 Å². The Labute approximate surface area is 96.6 Å². The number of rotatable bonds is 3. The predicted octanol–water partition coefficient (Wildman–Crippen LogP) is 3.13. The summed E-state index contributed by atoms with van der Waals surface area (Å²) >= 11 is 0. The molecule has 1 aromatic carbocycles. The molecule has 2 heteroatoms. The van der Waals surface area contributed by atoms with Crippen LogP contribution in [0.25, 0.3) is 0 Å². The van der Waals surface area contributed by atoms with Crippen molar-refractivity contribution in [3.05, 3.63) is 35.9 Å². The topological polar surface area (TPSA) is 26.3 Å². The van der Waals surface area contributed by atoms with Gasteiger partial charge in [0, 0.05) is 0 Å². The van der Waals surface area contributed by atoms with Crippen LogP contribution in [0.1, 0.15) is 37.7 Å². The van der Waals surface area contributed by atoms with Gasteiger partial charge in [0.05, 0.1) is 12.5 Å². The monoisotopic (exact) mass is 218 g/mol. The molecule has 2 unspecified atom stereocenters. The molecular formula is C14H18O2. The van der Waals surface area contributed by atoms with Crippen LogP contribution in [0, 0.1) is 5.92 Å². The third kappa shape index (κ3) is 2.26. The summed E-state index contributed by atoms with van der Waals surface area (Å²) < 4.78 is 5.14. The fourth-order valence-corrected chi connectivity index (χ4v) is 2.59. The van der Waals surface area contributed by atoms with Crippen molar-refractivity contribution in [2.24, 2.45) is 5.92 Å². The first-order valence-corrected chi connectivity index (χ1v) is 6.04. The van der Waals surface area contributed by atoms with Gasteiger partial charge in [-0.05, 0) is 31.2 Å². The van der Waals surface area contributed by atoms with Crippen molar-refractivity contribution >= 4 is 5.97 Å². The van der Waals surface area contributed by atoms with Gasteiger partial charge in [-0.2, -0.15) is 0 Å². The third-order valence-corrected chi connectivity index (χ3v) is 3.33. The minimum absolute atomic E-state index is 0.0196. The molecule has 0 saturated heterocycles. The Morgan fingerprint density at radius 1 is 1.31 bits per heavy atom. The average Bonchev–Trinajstić information content (AvgIpc) is 2.79. The van der Waals surface area contributed by atoms with E-state index in [9.17, 15) is 4.79 Å². The zero-order valence-electron chi connectivity index (χ0n) is 9.69. The van der Waals surface area contributed by atoms with Gasteiger partial charge < -0.3 is 4.74 Å². The number of hydrogen-bond donors (Lipinski definition) is 0. The summed E-state index contributed by atoms with van der Waals surface area (Å²) in [6.07, 6.45) is 3.20. The van der Waals surface area contributed by atoms with Gasteiger partial charge in [0.25, 0.3) is 0 Å². The molecule has 1 aliphatic rings. The van der Waals surface area contributed by atoms with E-state index in [4.69, 9.17) is 4.74 Å². The van der Waals surface area contributed by atoms with E-state index in [2.05, 4.69) is 12.1 Å². The number of carbonyl (C=O) groups is 1. The quantitative estimate of drug-likeness (QED) is 0.728. The lowest BCUT2D eigenvalue weighted by molar-refractivity contribution is -0.148. The standard InChI is InChI=1S/C14H18O2/c1-2-16-14(15)13-10-6-9-12(13)11-7-4-3-5-8-11/h3-5,7-8,12-13H,2,6,9-10H2,1H3. The second kappa shape index (κ2) is 5.15. The first-order valence-electron chi connectivity index (χ1n) is 6.04. The van der Waals surface area contributed by atoms with E-state index in [1.165, 1.54) is 5.56 Å². The molecule has 0 heterocycles. The smallest absolute Gasteiger partial charge is 0.309 e. The van der Waals surface area contributed by atoms with Gasteiger partial charge in [-0.25, -0.2) is 0 Å². The summed E-state index contributed by atoms with van der Waals surface area (Å²) in [7, 11) is 0. The van der Waals surface area contributed by atoms with Gasteiger partial charge in [0.1, 0.15) is 0 Å². The van der Waals surface area contributed by atoms with Crippen molar-refractivity contribution in [2.75, 3.05) is 6.61 Å². The normalized spacial score (nSPS) is 24.3. The summed E-state index contributed by atoms with van der Waals surface area (Å²) in [4.78, 5) is 11.8. The van der Waals surface area contributed by atoms with E-state index < -0.39 is 0 Å². The summed E-state index contributed by atoms with van der Waals surface area (Å²) in [5, 5.41) is 0. The van der Waals surface area contributed by atoms with Crippen molar-refractivity contribution in [2.45, 2.75) is 32.1 Å². The SMILES string of the molecule is CCOC(=O)C1CCCC1c1ccccc1. The highest BCUT2D eigenvalue weighted by molar-refractivity contribution is 5.74. The summed E-state index contributed by atoms with van der Waals surface area (Å²) in [5.74, 6) is 0.413. The molecule has 0 aliphatic heterocycles. The number of benzene rings is 1. The van der Waals surface area contributed by atoms with Gasteiger partial charge in [-0.1, -0.05) is 36.8 Å². The molecule has 0 aromatic heterocycles. The lowest BCUT2D eigenvalue weighted by Gasteiger charge is -2.18. The highest BCUT2D eigenvalue weighted by Crippen LogP contribution is 2.40. The van der Waals surface area contributed by atoms with Crippen LogP contribution < -0.4 is 0 Å². The largest absolute Gasteiger partial charge is 0.466 e. The fourth-order valence-electron chi connectivity index (χ4n) is 2.59. The molecule has 86 valence electrons. The Bertz CT molecular complexity index is 345.